The van der Waals surface area contributed by atoms with Gasteiger partial charge in [0.1, 0.15) is 5.69 Å². The van der Waals surface area contributed by atoms with Crippen LogP contribution in [0.15, 0.2) is 29.9 Å². The van der Waals surface area contributed by atoms with Gasteiger partial charge in [0.15, 0.2) is 0 Å². The largest absolute Gasteiger partial charge is 0.379 e. The second-order valence-corrected chi connectivity index (χ2v) is 4.66. The SMILES string of the molecule is Cn1cc(CNc2ccc3ncsc3c2)nn1. The Morgan fingerprint density at radius 1 is 1.41 bits per heavy atom. The van der Waals surface area contributed by atoms with Crippen molar-refractivity contribution < 1.29 is 0 Å². The molecule has 1 aromatic carbocycles. The monoisotopic (exact) mass is 245 g/mol. The molecular weight excluding hydrogens is 234 g/mol. The van der Waals surface area contributed by atoms with E-state index in [0.29, 0.717) is 6.54 Å². The molecule has 3 rings (SSSR count). The maximum atomic E-state index is 4.25. The Morgan fingerprint density at radius 3 is 3.18 bits per heavy atom. The topological polar surface area (TPSA) is 55.6 Å². The van der Waals surface area contributed by atoms with E-state index in [4.69, 9.17) is 0 Å². The highest BCUT2D eigenvalue weighted by Gasteiger charge is 2.00. The fourth-order valence-electron chi connectivity index (χ4n) is 1.63. The molecule has 5 nitrogen and oxygen atoms in total. The van der Waals surface area contributed by atoms with E-state index < -0.39 is 0 Å². The zero-order valence-electron chi connectivity index (χ0n) is 9.29. The smallest absolute Gasteiger partial charge is 0.102 e. The number of nitrogens with one attached hydrogen (secondary N) is 1. The number of anilines is 1. The first-order valence-corrected chi connectivity index (χ1v) is 6.11. The average molecular weight is 245 g/mol. The molecule has 0 fully saturated rings. The molecule has 6 heteroatoms. The van der Waals surface area contributed by atoms with Gasteiger partial charge in [-0.25, -0.2) is 4.98 Å². The van der Waals surface area contributed by atoms with E-state index in [-0.39, 0.29) is 0 Å². The summed E-state index contributed by atoms with van der Waals surface area (Å²) < 4.78 is 2.89. The van der Waals surface area contributed by atoms with Gasteiger partial charge in [-0.15, -0.1) is 16.4 Å². The van der Waals surface area contributed by atoms with Gasteiger partial charge in [-0.1, -0.05) is 5.21 Å². The van der Waals surface area contributed by atoms with Crippen LogP contribution in [0.5, 0.6) is 0 Å². The first-order chi connectivity index (χ1) is 8.31. The van der Waals surface area contributed by atoms with E-state index in [1.807, 2.05) is 30.9 Å². The van der Waals surface area contributed by atoms with Crippen LogP contribution in [0.1, 0.15) is 5.69 Å². The van der Waals surface area contributed by atoms with Crippen LogP contribution in [0.4, 0.5) is 5.69 Å². The van der Waals surface area contributed by atoms with Gasteiger partial charge < -0.3 is 5.32 Å². The van der Waals surface area contributed by atoms with E-state index in [0.717, 1.165) is 16.9 Å². The minimum absolute atomic E-state index is 0.679. The molecule has 17 heavy (non-hydrogen) atoms. The van der Waals surface area contributed by atoms with E-state index in [9.17, 15) is 0 Å². The Kier molecular flexibility index (Phi) is 2.49. The number of thiazole rings is 1. The van der Waals surface area contributed by atoms with Gasteiger partial charge in [0, 0.05) is 18.9 Å². The molecule has 0 bridgehead atoms. The molecule has 3 aromatic rings. The molecule has 1 N–H and O–H groups in total. The Balaban J connectivity index is 1.76. The summed E-state index contributed by atoms with van der Waals surface area (Å²) >= 11 is 1.64. The summed E-state index contributed by atoms with van der Waals surface area (Å²) in [6, 6.07) is 6.15. The van der Waals surface area contributed by atoms with Crippen LogP contribution in [0, 0.1) is 0 Å². The first-order valence-electron chi connectivity index (χ1n) is 5.23. The normalized spacial score (nSPS) is 10.9. The lowest BCUT2D eigenvalue weighted by Gasteiger charge is -2.03. The summed E-state index contributed by atoms with van der Waals surface area (Å²) in [6.45, 7) is 0.679. The van der Waals surface area contributed by atoms with E-state index in [2.05, 4.69) is 26.7 Å². The summed E-state index contributed by atoms with van der Waals surface area (Å²) in [6.07, 6.45) is 1.90. The Hall–Kier alpha value is -1.95. The van der Waals surface area contributed by atoms with Crippen molar-refractivity contribution in [3.63, 3.8) is 0 Å². The van der Waals surface area contributed by atoms with Gasteiger partial charge in [-0.3, -0.25) is 4.68 Å². The van der Waals surface area contributed by atoms with Gasteiger partial charge >= 0.3 is 0 Å². The zero-order chi connectivity index (χ0) is 11.7. The standard InChI is InChI=1S/C11H11N5S/c1-16-6-9(14-15-16)5-12-8-2-3-10-11(4-8)17-7-13-10/h2-4,6-7,12H,5H2,1H3. The van der Waals surface area contributed by atoms with Crippen molar-refractivity contribution in [3.8, 4) is 0 Å². The molecule has 0 saturated heterocycles. The molecule has 0 atom stereocenters. The highest BCUT2D eigenvalue weighted by Crippen LogP contribution is 2.21. The minimum Gasteiger partial charge on any atom is -0.379 e. The third-order valence-corrected chi connectivity index (χ3v) is 3.25. The second-order valence-electron chi connectivity index (χ2n) is 3.77. The van der Waals surface area contributed by atoms with E-state index >= 15 is 0 Å². The van der Waals surface area contributed by atoms with Gasteiger partial charge in [-0.05, 0) is 18.2 Å². The first kappa shape index (κ1) is 10.2. The van der Waals surface area contributed by atoms with Crippen LogP contribution in [-0.4, -0.2) is 20.0 Å². The molecule has 0 unspecified atom stereocenters. The Morgan fingerprint density at radius 2 is 2.35 bits per heavy atom. The lowest BCUT2D eigenvalue weighted by molar-refractivity contribution is 0.713. The van der Waals surface area contributed by atoms with Crippen molar-refractivity contribution >= 4 is 27.2 Å². The number of fused-ring (bicyclic) bond motifs is 1. The zero-order valence-corrected chi connectivity index (χ0v) is 10.1. The molecule has 2 heterocycles. The van der Waals surface area contributed by atoms with E-state index in [1.54, 1.807) is 16.0 Å². The molecule has 0 aliphatic heterocycles. The molecule has 0 saturated carbocycles. The summed E-state index contributed by atoms with van der Waals surface area (Å²) in [5, 5.41) is 11.2. The fourth-order valence-corrected chi connectivity index (χ4v) is 2.35. The highest BCUT2D eigenvalue weighted by molar-refractivity contribution is 7.16. The average Bonchev–Trinajstić information content (AvgIpc) is 2.94. The molecule has 0 aliphatic rings. The fraction of sp³-hybridized carbons (Fsp3) is 0.182. The van der Waals surface area contributed by atoms with Gasteiger partial charge in [0.2, 0.25) is 0 Å². The van der Waals surface area contributed by atoms with Crippen molar-refractivity contribution in [1.82, 2.24) is 20.0 Å². The lowest BCUT2D eigenvalue weighted by atomic mass is 10.3. The second kappa shape index (κ2) is 4.14. The van der Waals surface area contributed by atoms with Crippen molar-refractivity contribution in [2.45, 2.75) is 6.54 Å². The third-order valence-electron chi connectivity index (χ3n) is 2.46. The number of aryl methyl sites for hydroxylation is 1. The Bertz CT molecular complexity index is 642. The van der Waals surface area contributed by atoms with Crippen molar-refractivity contribution in [2.24, 2.45) is 7.05 Å². The van der Waals surface area contributed by atoms with Gasteiger partial charge in [-0.2, -0.15) is 0 Å². The Labute approximate surface area is 102 Å². The van der Waals surface area contributed by atoms with Crippen molar-refractivity contribution in [1.29, 1.82) is 0 Å². The summed E-state index contributed by atoms with van der Waals surface area (Å²) in [4.78, 5) is 4.25. The molecule has 0 aliphatic carbocycles. The number of nitrogens with zero attached hydrogens (tertiary/aromatic N) is 4. The minimum atomic E-state index is 0.679. The lowest BCUT2D eigenvalue weighted by Crippen LogP contribution is -1.99. The molecular formula is C11H11N5S. The summed E-state index contributed by atoms with van der Waals surface area (Å²) in [5.74, 6) is 0. The third kappa shape index (κ3) is 2.12. The number of benzene rings is 1. The maximum absolute atomic E-state index is 4.25. The molecule has 2 aromatic heterocycles. The van der Waals surface area contributed by atoms with Crippen LogP contribution < -0.4 is 5.32 Å². The predicted molar refractivity (Wildman–Crippen MR) is 67.9 cm³/mol. The van der Waals surface area contributed by atoms with Gasteiger partial charge in [0.25, 0.3) is 0 Å². The van der Waals surface area contributed by atoms with Crippen LogP contribution in [0.3, 0.4) is 0 Å². The number of rotatable bonds is 3. The summed E-state index contributed by atoms with van der Waals surface area (Å²) in [7, 11) is 1.86. The van der Waals surface area contributed by atoms with Crippen LogP contribution in [0.2, 0.25) is 0 Å². The number of hydrogen-bond acceptors (Lipinski definition) is 5. The van der Waals surface area contributed by atoms with Crippen molar-refractivity contribution in [3.05, 3.63) is 35.6 Å². The predicted octanol–water partition coefficient (Wildman–Crippen LogP) is 2.04. The van der Waals surface area contributed by atoms with Crippen LogP contribution in [-0.2, 0) is 13.6 Å². The summed E-state index contributed by atoms with van der Waals surface area (Å²) in [5.41, 5.74) is 4.90. The van der Waals surface area contributed by atoms with Gasteiger partial charge in [0.05, 0.1) is 22.3 Å². The quantitative estimate of drug-likeness (QED) is 0.767. The van der Waals surface area contributed by atoms with Crippen LogP contribution in [0.25, 0.3) is 10.2 Å². The van der Waals surface area contributed by atoms with E-state index in [1.165, 1.54) is 4.70 Å². The molecule has 86 valence electrons. The number of hydrogen-bond donors (Lipinski definition) is 1. The molecule has 0 spiro atoms. The maximum Gasteiger partial charge on any atom is 0.102 e. The van der Waals surface area contributed by atoms with Crippen LogP contribution >= 0.6 is 11.3 Å². The van der Waals surface area contributed by atoms with Crippen molar-refractivity contribution in [2.75, 3.05) is 5.32 Å². The highest BCUT2D eigenvalue weighted by atomic mass is 32.1. The molecule has 0 amide bonds. The molecule has 0 radical (unpaired) electrons. The number of aromatic nitrogens is 4.